The summed E-state index contributed by atoms with van der Waals surface area (Å²) in [5.74, 6) is 1.52. The molecule has 0 aliphatic carbocycles. The molecule has 4 unspecified atom stereocenters. The van der Waals surface area contributed by atoms with Crippen LogP contribution in [0.25, 0.3) is 9.69 Å². The number of nitrogens with zero attached hydrogens (tertiary/aromatic N) is 3. The van der Waals surface area contributed by atoms with Gasteiger partial charge in [-0.2, -0.15) is 43.8 Å². The van der Waals surface area contributed by atoms with Gasteiger partial charge in [-0.3, -0.25) is 28.8 Å². The summed E-state index contributed by atoms with van der Waals surface area (Å²) in [7, 11) is 7.35. The van der Waals surface area contributed by atoms with Crippen molar-refractivity contribution in [2.75, 3.05) is 108 Å². The number of hydrogen-bond acceptors (Lipinski definition) is 20. The first-order chi connectivity index (χ1) is 57.2. The number of Topliss-reactive ketones (excluding diaryl/α,β-unsaturated/α-hetero) is 3. The number of carbonyl (C=O) groups excluding carboxylic acids is 6. The molecule has 0 heterocycles. The van der Waals surface area contributed by atoms with Crippen molar-refractivity contribution < 1.29 is 134 Å². The number of ketones is 3. The smallest absolute Gasteiger partial charge is 0.497 e. The number of methoxy groups -OCH3 is 4. The molecule has 25 nitrogen and oxygen atoms in total. The zero-order chi connectivity index (χ0) is 88.7. The summed E-state index contributed by atoms with van der Waals surface area (Å²) in [6.07, 6.45) is 6.93. The van der Waals surface area contributed by atoms with Crippen LogP contribution in [0.2, 0.25) is 0 Å². The van der Waals surface area contributed by atoms with Gasteiger partial charge in [0, 0.05) is 45.1 Å². The van der Waals surface area contributed by atoms with E-state index in [2.05, 4.69) is 72.5 Å². The quantitative estimate of drug-likeness (QED) is 0.00689. The molecule has 0 bridgehead atoms. The van der Waals surface area contributed by atoms with Gasteiger partial charge < -0.3 is 128 Å². The summed E-state index contributed by atoms with van der Waals surface area (Å²) < 4.78 is 65.3. The predicted octanol–water partition coefficient (Wildman–Crippen LogP) is 22.8. The molecule has 0 saturated carbocycles. The number of hydrogen-bond donors (Lipinski definition) is 4. The van der Waals surface area contributed by atoms with Crippen molar-refractivity contribution in [1.82, 2.24) is 21.3 Å². The fourth-order valence-corrected chi connectivity index (χ4v) is 10.7. The van der Waals surface area contributed by atoms with E-state index >= 15 is 0 Å². The van der Waals surface area contributed by atoms with Crippen molar-refractivity contribution in [3.8, 4) is 29.1 Å². The second-order valence-electron chi connectivity index (χ2n) is 24.0. The minimum absolute atomic E-state index is 0. The van der Waals surface area contributed by atoms with Crippen LogP contribution in [0.4, 0.5) is 0 Å². The van der Waals surface area contributed by atoms with E-state index < -0.39 is 17.2 Å². The van der Waals surface area contributed by atoms with Crippen LogP contribution in [-0.4, -0.2) is 149 Å². The summed E-state index contributed by atoms with van der Waals surface area (Å²) in [5, 5.41) is 19.4. The van der Waals surface area contributed by atoms with E-state index in [4.69, 9.17) is 74.0 Å². The molecule has 742 valence electrons. The van der Waals surface area contributed by atoms with E-state index in [1.54, 1.807) is 42.4 Å². The first-order valence-electron chi connectivity index (χ1n) is 39.0. The molecule has 6 aromatic rings. The molecule has 0 fully saturated rings. The Morgan fingerprint density at radius 1 is 0.403 bits per heavy atom. The maximum atomic E-state index is 12.6. The van der Waals surface area contributed by atoms with Gasteiger partial charge >= 0.3 is 49.5 Å². The zero-order valence-electron chi connectivity index (χ0n) is 72.4. The van der Waals surface area contributed by atoms with Crippen LogP contribution in [-0.2, 0) is 126 Å². The van der Waals surface area contributed by atoms with E-state index in [1.807, 2.05) is 205 Å². The van der Waals surface area contributed by atoms with Crippen molar-refractivity contribution in [2.24, 2.45) is 0 Å². The van der Waals surface area contributed by atoms with Crippen molar-refractivity contribution in [1.29, 1.82) is 5.26 Å². The number of likely N-dealkylation sites (N-methyl/N-ethyl adjacent to an activating group) is 1. The molecular weight excluding hydrogens is 1830 g/mol. The van der Waals surface area contributed by atoms with E-state index in [-0.39, 0.29) is 263 Å². The van der Waals surface area contributed by atoms with Gasteiger partial charge in [0.1, 0.15) is 74.1 Å². The van der Waals surface area contributed by atoms with Crippen LogP contribution in [0.15, 0.2) is 158 Å². The van der Waals surface area contributed by atoms with Gasteiger partial charge in [0.15, 0.2) is 44.5 Å². The third kappa shape index (κ3) is 71.2. The normalized spacial score (nSPS) is 9.70. The first kappa shape index (κ1) is 153. The fraction of sp³-hybridized carbons (Fsp3) is 0.480. The summed E-state index contributed by atoms with van der Waals surface area (Å²) in [6, 6.07) is 51.3. The number of nitrogens with one attached hydrogen (secondary N) is 4. The predicted molar refractivity (Wildman–Crippen MR) is 529 cm³/mol. The Morgan fingerprint density at radius 2 is 0.674 bits per heavy atom. The van der Waals surface area contributed by atoms with Gasteiger partial charge in [0.25, 0.3) is 0 Å². The molecule has 0 aliphatic heterocycles. The number of ether oxygens (including phenoxy) is 6. The van der Waals surface area contributed by atoms with E-state index in [0.717, 1.165) is 71.9 Å². The van der Waals surface area contributed by atoms with Gasteiger partial charge in [0.2, 0.25) is 30.8 Å². The van der Waals surface area contributed by atoms with Crippen molar-refractivity contribution in [3.05, 3.63) is 255 Å². The van der Waals surface area contributed by atoms with Crippen LogP contribution in [0.1, 0.15) is 225 Å². The molecule has 4 atom stereocenters. The Labute approximate surface area is 818 Å². The van der Waals surface area contributed by atoms with Crippen molar-refractivity contribution in [3.63, 3.8) is 0 Å². The molecule has 0 aromatic heterocycles. The van der Waals surface area contributed by atoms with Crippen LogP contribution >= 0.6 is 27.1 Å². The second-order valence-corrected chi connectivity index (χ2v) is 26.2. The summed E-state index contributed by atoms with van der Waals surface area (Å²) >= 11 is 0. The zero-order valence-corrected chi connectivity index (χ0v) is 78.4. The summed E-state index contributed by atoms with van der Waals surface area (Å²) in [5.41, 5.74) is 2.96. The Balaban J connectivity index is -0.000000116. The van der Waals surface area contributed by atoms with Crippen LogP contribution < -0.4 is 40.2 Å². The third-order valence-electron chi connectivity index (χ3n) is 14.4. The van der Waals surface area contributed by atoms with Crippen LogP contribution in [0.5, 0.6) is 23.0 Å². The average molecular weight is 2000 g/mol. The fourth-order valence-electron chi connectivity index (χ4n) is 9.29. The van der Waals surface area contributed by atoms with Crippen molar-refractivity contribution >= 4 is 62.2 Å². The second kappa shape index (κ2) is 106. The molecule has 31 heteroatoms. The molecule has 4 N–H and O–H groups in total. The van der Waals surface area contributed by atoms with Crippen LogP contribution in [0.3, 0.4) is 0 Å². The molecular formula is C98H162N7Ni3O18P3. The standard InChI is InChI=1S/2C30H33N2O7P.C12H22N3O4P.6C3H7.8CH4.3Ni/c2*1-31-19-20-38-40-39-21-26(33)13-18-29(34)32-22-37-30(23-7-5-4-6-8-23,24-9-14-27(35-2)15-10-24)25-11-16-28(36-3)17-12-25;1-3-12(17)15-10(9-14-2)11(16)5-8-19-20-18-7-4-6-13;6*1-3-2;;;;;;;;;;;/h2*4-12,14-17,40H,13,18-22H2,2-3H3,(H,32,34);10,14,20H,3-5,7-9H2,1-2H3,(H,15,17);6*1,3H2,2H3;8*1H4;;;/q;;;6*-1;;;;;;;;;3*+2. The Morgan fingerprint density at radius 3 is 0.938 bits per heavy atom. The van der Waals surface area contributed by atoms with Gasteiger partial charge in [0.05, 0.1) is 60.2 Å². The number of nitriles is 1. The minimum Gasteiger partial charge on any atom is -0.497 e. The molecule has 6 aromatic carbocycles. The molecule has 3 amide bonds. The van der Waals surface area contributed by atoms with Crippen LogP contribution in [0, 0.1) is 66.0 Å². The number of amides is 3. The molecule has 0 saturated heterocycles. The molecule has 129 heavy (non-hydrogen) atoms. The monoisotopic (exact) mass is 1990 g/mol. The SMILES string of the molecule is C.C.C.C.C.C.C.C.CCC(=O)NC(CNC)C(=O)CCOPOCCC#N.[C-]#[N+]CCOPOCC(=O)CCC(=O)NCOC(c1ccccc1)(c1ccc(OC)cc1)c1ccc(OC)cc1.[C-]#[N+]CCOPOCC(=O)CCC(=O)NCOC(c1ccccc1)(c1ccc(OC)cc1)c1ccc(OC)cc1.[CH2-]CC.[CH2-]CC.[CH2-]CC.[CH2-]CC.[CH2-]CC.[CH2-]CC.[Ni+2].[Ni+2].[Ni+2]. The third-order valence-corrected chi connectivity index (χ3v) is 16.2. The Hall–Kier alpha value is -7.18. The van der Waals surface area contributed by atoms with Gasteiger partial charge in [-0.1, -0.05) is 217 Å². The summed E-state index contributed by atoms with van der Waals surface area (Å²) in [6.45, 7) is 49.6. The first-order valence-corrected chi connectivity index (χ1v) is 41.4. The molecule has 0 radical (unpaired) electrons. The van der Waals surface area contributed by atoms with Crippen molar-refractivity contribution in [2.45, 2.75) is 209 Å². The maximum absolute atomic E-state index is 12.6. The van der Waals surface area contributed by atoms with Gasteiger partial charge in [-0.25, -0.2) is 13.1 Å². The van der Waals surface area contributed by atoms with E-state index in [9.17, 15) is 28.8 Å². The molecule has 0 aliphatic rings. The molecule has 0 spiro atoms. The summed E-state index contributed by atoms with van der Waals surface area (Å²) in [4.78, 5) is 78.9. The van der Waals surface area contributed by atoms with E-state index in [1.165, 1.54) is 0 Å². The minimum atomic E-state index is -1.06. The molecule has 6 rings (SSSR count). The average Bonchev–Trinajstić information content (AvgIpc) is 0.760. The largest absolute Gasteiger partial charge is 2.00 e. The number of benzene rings is 6. The Bertz CT molecular complexity index is 3330. The number of rotatable bonds is 46. The maximum Gasteiger partial charge on any atom is 2.00 e. The topological polar surface area (TPSA) is 294 Å². The van der Waals surface area contributed by atoms with Gasteiger partial charge in [-0.05, 0) is 89.0 Å². The number of carbonyl (C=O) groups is 6. The Kier molecular flexibility index (Phi) is 126. The van der Waals surface area contributed by atoms with E-state index in [0.29, 0.717) is 49.0 Å². The van der Waals surface area contributed by atoms with Gasteiger partial charge in [-0.15, -0.1) is 0 Å².